The van der Waals surface area contributed by atoms with Gasteiger partial charge in [-0.15, -0.1) is 10.2 Å². The standard InChI is InChI=1S/C9H14F3N3S/c1-2-3-4-5-6-13-8-15-14-7(16-8)9(10,11)12/h2-6H2,1H3,(H,13,15). The van der Waals surface area contributed by atoms with Crippen LogP contribution in [0.3, 0.4) is 0 Å². The Hall–Kier alpha value is -0.850. The Morgan fingerprint density at radius 1 is 1.19 bits per heavy atom. The second-order valence-electron chi connectivity index (χ2n) is 3.40. The number of unbranched alkanes of at least 4 members (excludes halogenated alkanes) is 3. The molecule has 1 rings (SSSR count). The highest BCUT2D eigenvalue weighted by Crippen LogP contribution is 2.32. The van der Waals surface area contributed by atoms with Crippen LogP contribution in [-0.2, 0) is 6.18 Å². The van der Waals surface area contributed by atoms with Crippen LogP contribution in [0.4, 0.5) is 18.3 Å². The van der Waals surface area contributed by atoms with E-state index in [-0.39, 0.29) is 5.13 Å². The molecule has 0 amide bonds. The average molecular weight is 253 g/mol. The van der Waals surface area contributed by atoms with Crippen molar-refractivity contribution < 1.29 is 13.2 Å². The number of aromatic nitrogens is 2. The molecule has 0 aliphatic rings. The van der Waals surface area contributed by atoms with Crippen LogP contribution in [0.15, 0.2) is 0 Å². The van der Waals surface area contributed by atoms with Crippen molar-refractivity contribution in [3.63, 3.8) is 0 Å². The molecule has 0 unspecified atom stereocenters. The summed E-state index contributed by atoms with van der Waals surface area (Å²) in [4.78, 5) is 0. The summed E-state index contributed by atoms with van der Waals surface area (Å²) in [5.41, 5.74) is 0. The summed E-state index contributed by atoms with van der Waals surface area (Å²) in [6.45, 7) is 2.75. The van der Waals surface area contributed by atoms with Gasteiger partial charge in [0.15, 0.2) is 0 Å². The molecule has 92 valence electrons. The topological polar surface area (TPSA) is 37.8 Å². The molecule has 1 aromatic rings. The summed E-state index contributed by atoms with van der Waals surface area (Å²) < 4.78 is 36.5. The number of hydrogen-bond donors (Lipinski definition) is 1. The first-order valence-corrected chi connectivity index (χ1v) is 6.00. The minimum absolute atomic E-state index is 0.240. The first-order valence-electron chi connectivity index (χ1n) is 5.18. The number of anilines is 1. The fourth-order valence-electron chi connectivity index (χ4n) is 1.16. The molecule has 0 aliphatic heterocycles. The van der Waals surface area contributed by atoms with Gasteiger partial charge in [-0.05, 0) is 6.42 Å². The van der Waals surface area contributed by atoms with Crippen molar-refractivity contribution in [3.05, 3.63) is 5.01 Å². The van der Waals surface area contributed by atoms with Crippen LogP contribution < -0.4 is 5.32 Å². The van der Waals surface area contributed by atoms with E-state index in [1.807, 2.05) is 0 Å². The van der Waals surface area contributed by atoms with Gasteiger partial charge in [0.1, 0.15) is 0 Å². The average Bonchev–Trinajstić information content (AvgIpc) is 2.65. The number of nitrogens with one attached hydrogen (secondary N) is 1. The number of hydrogen-bond acceptors (Lipinski definition) is 4. The van der Waals surface area contributed by atoms with Crippen molar-refractivity contribution in [2.24, 2.45) is 0 Å². The van der Waals surface area contributed by atoms with Crippen molar-refractivity contribution in [2.45, 2.75) is 38.8 Å². The maximum absolute atomic E-state index is 12.2. The summed E-state index contributed by atoms with van der Waals surface area (Å²) >= 11 is 0.545. The summed E-state index contributed by atoms with van der Waals surface area (Å²) in [5, 5.41) is 8.70. The SMILES string of the molecule is CCCCCCNc1nnc(C(F)(F)F)s1. The highest BCUT2D eigenvalue weighted by Gasteiger charge is 2.35. The lowest BCUT2D eigenvalue weighted by Crippen LogP contribution is -2.03. The molecule has 0 aromatic carbocycles. The highest BCUT2D eigenvalue weighted by molar-refractivity contribution is 7.15. The third-order valence-electron chi connectivity index (χ3n) is 1.97. The zero-order valence-corrected chi connectivity index (χ0v) is 9.79. The fraction of sp³-hybridized carbons (Fsp3) is 0.778. The first-order chi connectivity index (χ1) is 7.54. The molecule has 0 saturated heterocycles. The van der Waals surface area contributed by atoms with Gasteiger partial charge in [0.25, 0.3) is 0 Å². The summed E-state index contributed by atoms with van der Waals surface area (Å²) in [6.07, 6.45) is -0.0916. The molecule has 0 atom stereocenters. The van der Waals surface area contributed by atoms with Crippen LogP contribution in [0.25, 0.3) is 0 Å². The van der Waals surface area contributed by atoms with E-state index in [0.717, 1.165) is 25.7 Å². The Bertz CT molecular complexity index is 311. The number of rotatable bonds is 6. The molecule has 1 N–H and O–H groups in total. The van der Waals surface area contributed by atoms with Crippen LogP contribution in [0.1, 0.15) is 37.6 Å². The smallest absolute Gasteiger partial charge is 0.360 e. The summed E-state index contributed by atoms with van der Waals surface area (Å²) in [7, 11) is 0. The minimum atomic E-state index is -4.39. The minimum Gasteiger partial charge on any atom is -0.360 e. The molecule has 0 saturated carbocycles. The number of halogens is 3. The number of nitrogens with zero attached hydrogens (tertiary/aromatic N) is 2. The maximum Gasteiger partial charge on any atom is 0.445 e. The lowest BCUT2D eigenvalue weighted by Gasteiger charge is -2.01. The quantitative estimate of drug-likeness (QED) is 0.788. The predicted molar refractivity (Wildman–Crippen MR) is 57.5 cm³/mol. The summed E-state index contributed by atoms with van der Waals surface area (Å²) in [6, 6.07) is 0. The van der Waals surface area contributed by atoms with Gasteiger partial charge in [0.05, 0.1) is 0 Å². The second-order valence-corrected chi connectivity index (χ2v) is 4.38. The molecule has 1 heterocycles. The maximum atomic E-state index is 12.2. The van der Waals surface area contributed by atoms with E-state index >= 15 is 0 Å². The Labute approximate surface area is 96.1 Å². The van der Waals surface area contributed by atoms with E-state index < -0.39 is 11.2 Å². The predicted octanol–water partition coefficient (Wildman–Crippen LogP) is 3.55. The van der Waals surface area contributed by atoms with E-state index in [0.29, 0.717) is 17.9 Å². The van der Waals surface area contributed by atoms with Gasteiger partial charge in [-0.3, -0.25) is 0 Å². The van der Waals surface area contributed by atoms with Gasteiger partial charge in [0.2, 0.25) is 10.1 Å². The Kier molecular flexibility index (Phi) is 4.98. The second kappa shape index (κ2) is 6.03. The van der Waals surface area contributed by atoms with Gasteiger partial charge in [-0.1, -0.05) is 37.5 Å². The summed E-state index contributed by atoms with van der Waals surface area (Å²) in [5.74, 6) is 0. The van der Waals surface area contributed by atoms with Crippen LogP contribution in [0.2, 0.25) is 0 Å². The molecule has 0 bridgehead atoms. The van der Waals surface area contributed by atoms with Crippen molar-refractivity contribution >= 4 is 16.5 Å². The van der Waals surface area contributed by atoms with Gasteiger partial charge < -0.3 is 5.32 Å². The largest absolute Gasteiger partial charge is 0.445 e. The van der Waals surface area contributed by atoms with Crippen LogP contribution >= 0.6 is 11.3 Å². The molecular weight excluding hydrogens is 239 g/mol. The van der Waals surface area contributed by atoms with Crippen molar-refractivity contribution in [3.8, 4) is 0 Å². The van der Waals surface area contributed by atoms with Crippen molar-refractivity contribution in [1.82, 2.24) is 10.2 Å². The zero-order valence-electron chi connectivity index (χ0n) is 8.97. The molecule has 1 aromatic heterocycles. The molecule has 0 fully saturated rings. The monoisotopic (exact) mass is 253 g/mol. The van der Waals surface area contributed by atoms with Crippen LogP contribution in [-0.4, -0.2) is 16.7 Å². The van der Waals surface area contributed by atoms with E-state index in [4.69, 9.17) is 0 Å². The molecule has 0 aliphatic carbocycles. The zero-order chi connectivity index (χ0) is 12.0. The van der Waals surface area contributed by atoms with Crippen molar-refractivity contribution in [1.29, 1.82) is 0 Å². The fourth-order valence-corrected chi connectivity index (χ4v) is 1.79. The van der Waals surface area contributed by atoms with E-state index in [1.165, 1.54) is 0 Å². The van der Waals surface area contributed by atoms with Gasteiger partial charge >= 0.3 is 6.18 Å². The Morgan fingerprint density at radius 3 is 2.50 bits per heavy atom. The molecule has 16 heavy (non-hydrogen) atoms. The van der Waals surface area contributed by atoms with Crippen molar-refractivity contribution in [2.75, 3.05) is 11.9 Å². The van der Waals surface area contributed by atoms with Gasteiger partial charge in [-0.25, -0.2) is 0 Å². The molecule has 3 nitrogen and oxygen atoms in total. The number of alkyl halides is 3. The Balaban J connectivity index is 2.30. The molecule has 0 radical (unpaired) electrons. The van der Waals surface area contributed by atoms with Gasteiger partial charge in [-0.2, -0.15) is 13.2 Å². The van der Waals surface area contributed by atoms with E-state index in [9.17, 15) is 13.2 Å². The third kappa shape index (κ3) is 4.34. The first kappa shape index (κ1) is 13.2. The van der Waals surface area contributed by atoms with Crippen LogP contribution in [0.5, 0.6) is 0 Å². The lowest BCUT2D eigenvalue weighted by atomic mass is 10.2. The lowest BCUT2D eigenvalue weighted by molar-refractivity contribution is -0.138. The van der Waals surface area contributed by atoms with Crippen LogP contribution in [0, 0.1) is 0 Å². The highest BCUT2D eigenvalue weighted by atomic mass is 32.1. The third-order valence-corrected chi connectivity index (χ3v) is 2.90. The normalized spacial score (nSPS) is 11.8. The van der Waals surface area contributed by atoms with E-state index in [2.05, 4.69) is 22.4 Å². The molecule has 7 heteroatoms. The van der Waals surface area contributed by atoms with Gasteiger partial charge in [0, 0.05) is 6.54 Å². The molecule has 0 spiro atoms. The molecular formula is C9H14F3N3S. The Morgan fingerprint density at radius 2 is 1.94 bits per heavy atom. The van der Waals surface area contributed by atoms with E-state index in [1.54, 1.807) is 0 Å².